The van der Waals surface area contributed by atoms with Gasteiger partial charge in [0, 0.05) is 10.9 Å². The van der Waals surface area contributed by atoms with Crippen LogP contribution in [-0.4, -0.2) is 9.97 Å². The molecule has 0 aliphatic carbocycles. The molecule has 188 valence electrons. The van der Waals surface area contributed by atoms with Crippen LogP contribution in [0.3, 0.4) is 0 Å². The molecule has 0 aliphatic heterocycles. The Morgan fingerprint density at radius 1 is 0.718 bits per heavy atom. The van der Waals surface area contributed by atoms with Gasteiger partial charge in [0.15, 0.2) is 0 Å². The molecule has 0 amide bonds. The number of nitriles is 1. The summed E-state index contributed by atoms with van der Waals surface area (Å²) in [5.74, 6) is 1.62. The van der Waals surface area contributed by atoms with Crippen molar-refractivity contribution in [1.29, 1.82) is 5.26 Å². The molecule has 7 heteroatoms. The molecule has 6 aromatic rings. The Labute approximate surface area is 234 Å². The van der Waals surface area contributed by atoms with Crippen LogP contribution in [0.15, 0.2) is 103 Å². The maximum absolute atomic E-state index is 9.66. The quantitative estimate of drug-likeness (QED) is 0.154. The molecule has 5 aromatic carbocycles. The minimum Gasteiger partial charge on any atom is -0.489 e. The van der Waals surface area contributed by atoms with Gasteiger partial charge in [-0.25, -0.2) is 9.97 Å². The van der Waals surface area contributed by atoms with E-state index in [1.807, 2.05) is 78.9 Å². The first-order chi connectivity index (χ1) is 19.1. The van der Waals surface area contributed by atoms with Crippen molar-refractivity contribution >= 4 is 44.9 Å². The van der Waals surface area contributed by atoms with Crippen molar-refractivity contribution < 1.29 is 9.47 Å². The molecule has 0 bridgehead atoms. The molecule has 0 saturated carbocycles. The number of benzene rings is 5. The van der Waals surface area contributed by atoms with Gasteiger partial charge < -0.3 is 9.47 Å². The predicted molar refractivity (Wildman–Crippen MR) is 155 cm³/mol. The van der Waals surface area contributed by atoms with Crippen molar-refractivity contribution in [2.24, 2.45) is 0 Å². The number of hydrogen-bond donors (Lipinski definition) is 0. The highest BCUT2D eigenvalue weighted by atomic mass is 35.5. The van der Waals surface area contributed by atoms with Crippen LogP contribution >= 0.6 is 23.2 Å². The molecule has 1 aromatic heterocycles. The van der Waals surface area contributed by atoms with Gasteiger partial charge in [-0.15, -0.1) is 0 Å². The lowest BCUT2D eigenvalue weighted by molar-refractivity contribution is 0.307. The van der Waals surface area contributed by atoms with Crippen LogP contribution in [0.25, 0.3) is 32.8 Å². The topological polar surface area (TPSA) is 68.0 Å². The Morgan fingerprint density at radius 3 is 2.33 bits per heavy atom. The number of rotatable bonds is 6. The van der Waals surface area contributed by atoms with Crippen LogP contribution in [0.2, 0.25) is 10.4 Å². The first-order valence-electron chi connectivity index (χ1n) is 12.1. The number of halogens is 2. The number of nitrogens with zero attached hydrogens (tertiary/aromatic N) is 3. The summed E-state index contributed by atoms with van der Waals surface area (Å²) in [7, 11) is 0. The smallest absolute Gasteiger partial charge is 0.224 e. The Bertz CT molecular complexity index is 1890. The zero-order valence-corrected chi connectivity index (χ0v) is 21.9. The molecular weight excluding hydrogens is 529 g/mol. The van der Waals surface area contributed by atoms with Gasteiger partial charge in [-0.05, 0) is 69.9 Å². The van der Waals surface area contributed by atoms with Gasteiger partial charge in [0.25, 0.3) is 0 Å². The van der Waals surface area contributed by atoms with Gasteiger partial charge in [0.05, 0.1) is 11.1 Å². The summed E-state index contributed by atoms with van der Waals surface area (Å²) < 4.78 is 12.6. The Morgan fingerprint density at radius 2 is 1.49 bits per heavy atom. The highest BCUT2D eigenvalue weighted by Gasteiger charge is 2.18. The van der Waals surface area contributed by atoms with Crippen molar-refractivity contribution in [3.8, 4) is 34.4 Å². The molecular formula is C32H19Cl2N3O2. The molecule has 0 saturated heterocycles. The number of para-hydroxylation sites is 1. The van der Waals surface area contributed by atoms with Crippen LogP contribution in [0, 0.1) is 11.3 Å². The third kappa shape index (κ3) is 5.08. The molecule has 0 aliphatic rings. The molecule has 6 rings (SSSR count). The van der Waals surface area contributed by atoms with E-state index < -0.39 is 0 Å². The standard InChI is InChI=1S/C32H19Cl2N3O2/c33-31-27-17-30(39-29-13-7-5-11-22(29)18-35)26(16-28(27)36-32(34)37-31)25-15-23(14-21-10-4-6-12-24(21)25)38-19-20-8-2-1-3-9-20/h1-17H,19H2. The van der Waals surface area contributed by atoms with Gasteiger partial charge in [-0.3, -0.25) is 0 Å². The van der Waals surface area contributed by atoms with E-state index in [2.05, 4.69) is 16.0 Å². The van der Waals surface area contributed by atoms with E-state index >= 15 is 0 Å². The first-order valence-corrected chi connectivity index (χ1v) is 12.9. The average molecular weight is 548 g/mol. The van der Waals surface area contributed by atoms with E-state index in [0.717, 1.165) is 27.5 Å². The van der Waals surface area contributed by atoms with Gasteiger partial charge in [0.1, 0.15) is 35.1 Å². The summed E-state index contributed by atoms with van der Waals surface area (Å²) in [5, 5.41) is 12.5. The molecule has 39 heavy (non-hydrogen) atoms. The number of aromatic nitrogens is 2. The lowest BCUT2D eigenvalue weighted by atomic mass is 9.96. The van der Waals surface area contributed by atoms with Crippen molar-refractivity contribution in [3.05, 3.63) is 125 Å². The summed E-state index contributed by atoms with van der Waals surface area (Å²) >= 11 is 12.6. The van der Waals surface area contributed by atoms with E-state index in [-0.39, 0.29) is 10.4 Å². The van der Waals surface area contributed by atoms with E-state index in [0.29, 0.717) is 40.3 Å². The highest BCUT2D eigenvalue weighted by Crippen LogP contribution is 2.43. The third-order valence-electron chi connectivity index (χ3n) is 6.32. The number of hydrogen-bond acceptors (Lipinski definition) is 5. The summed E-state index contributed by atoms with van der Waals surface area (Å²) in [6.07, 6.45) is 0. The predicted octanol–water partition coefficient (Wildman–Crippen LogP) is 9.00. The van der Waals surface area contributed by atoms with E-state index in [1.54, 1.807) is 24.3 Å². The largest absolute Gasteiger partial charge is 0.489 e. The van der Waals surface area contributed by atoms with Crippen LogP contribution in [0.1, 0.15) is 11.1 Å². The molecule has 0 atom stereocenters. The minimum atomic E-state index is 0.0479. The van der Waals surface area contributed by atoms with Crippen molar-refractivity contribution in [2.45, 2.75) is 6.61 Å². The van der Waals surface area contributed by atoms with Crippen LogP contribution in [0.4, 0.5) is 0 Å². The summed E-state index contributed by atoms with van der Waals surface area (Å²) in [4.78, 5) is 8.51. The molecule has 5 nitrogen and oxygen atoms in total. The van der Waals surface area contributed by atoms with Gasteiger partial charge in [0.2, 0.25) is 5.28 Å². The van der Waals surface area contributed by atoms with Gasteiger partial charge >= 0.3 is 0 Å². The maximum atomic E-state index is 9.66. The second-order valence-electron chi connectivity index (χ2n) is 8.83. The SMILES string of the molecule is N#Cc1ccccc1Oc1cc2c(Cl)nc(Cl)nc2cc1-c1cc(OCc2ccccc2)cc2ccccc12. The fourth-order valence-corrected chi connectivity index (χ4v) is 4.93. The summed E-state index contributed by atoms with van der Waals surface area (Å²) in [5.41, 5.74) is 3.65. The Hall–Kier alpha value is -4.63. The van der Waals surface area contributed by atoms with Crippen molar-refractivity contribution in [2.75, 3.05) is 0 Å². The molecule has 0 radical (unpaired) electrons. The lowest BCUT2D eigenvalue weighted by Gasteiger charge is -2.17. The molecule has 0 unspecified atom stereocenters. The third-order valence-corrected chi connectivity index (χ3v) is 6.78. The molecule has 0 fully saturated rings. The van der Waals surface area contributed by atoms with Crippen molar-refractivity contribution in [1.82, 2.24) is 9.97 Å². The zero-order chi connectivity index (χ0) is 26.8. The van der Waals surface area contributed by atoms with Crippen LogP contribution in [0.5, 0.6) is 17.2 Å². The molecule has 0 N–H and O–H groups in total. The van der Waals surface area contributed by atoms with E-state index in [1.165, 1.54) is 0 Å². The molecule has 0 spiro atoms. The highest BCUT2D eigenvalue weighted by molar-refractivity contribution is 6.35. The fourth-order valence-electron chi connectivity index (χ4n) is 4.48. The fraction of sp³-hybridized carbons (Fsp3) is 0.0312. The van der Waals surface area contributed by atoms with Gasteiger partial charge in [-0.2, -0.15) is 5.26 Å². The van der Waals surface area contributed by atoms with Crippen LogP contribution in [-0.2, 0) is 6.61 Å². The summed E-state index contributed by atoms with van der Waals surface area (Å²) in [6.45, 7) is 0.424. The molecule has 1 heterocycles. The lowest BCUT2D eigenvalue weighted by Crippen LogP contribution is -1.97. The number of fused-ring (bicyclic) bond motifs is 2. The van der Waals surface area contributed by atoms with Gasteiger partial charge in [-0.1, -0.05) is 78.3 Å². The summed E-state index contributed by atoms with van der Waals surface area (Å²) in [6, 6.07) is 35.0. The Balaban J connectivity index is 1.56. The number of ether oxygens (including phenoxy) is 2. The second-order valence-corrected chi connectivity index (χ2v) is 9.52. The first kappa shape index (κ1) is 24.7. The minimum absolute atomic E-state index is 0.0479. The van der Waals surface area contributed by atoms with Crippen LogP contribution < -0.4 is 9.47 Å². The van der Waals surface area contributed by atoms with E-state index in [9.17, 15) is 5.26 Å². The maximum Gasteiger partial charge on any atom is 0.224 e. The normalized spacial score (nSPS) is 10.9. The Kier molecular flexibility index (Phi) is 6.73. The zero-order valence-electron chi connectivity index (χ0n) is 20.4. The average Bonchev–Trinajstić information content (AvgIpc) is 2.96. The van der Waals surface area contributed by atoms with E-state index in [4.69, 9.17) is 32.7 Å². The second kappa shape index (κ2) is 10.6. The monoisotopic (exact) mass is 547 g/mol. The van der Waals surface area contributed by atoms with Crippen molar-refractivity contribution in [3.63, 3.8) is 0 Å².